The van der Waals surface area contributed by atoms with Gasteiger partial charge in [0.15, 0.2) is 5.96 Å². The van der Waals surface area contributed by atoms with Crippen LogP contribution in [0.5, 0.6) is 0 Å². The van der Waals surface area contributed by atoms with Gasteiger partial charge in [0.1, 0.15) is 0 Å². The van der Waals surface area contributed by atoms with Gasteiger partial charge >= 0.3 is 0 Å². The van der Waals surface area contributed by atoms with Crippen LogP contribution in [0.25, 0.3) is 0 Å². The summed E-state index contributed by atoms with van der Waals surface area (Å²) in [4.78, 5) is 9.51. The van der Waals surface area contributed by atoms with E-state index in [1.165, 1.54) is 25.9 Å². The normalized spacial score (nSPS) is 25.2. The number of hydrogen-bond donors (Lipinski definition) is 2. The molecule has 2 fully saturated rings. The number of likely N-dealkylation sites (tertiary alicyclic amines) is 1. The molecule has 2 aliphatic heterocycles. The summed E-state index contributed by atoms with van der Waals surface area (Å²) in [6.07, 6.45) is 2.72. The first kappa shape index (κ1) is 20.5. The topological polar surface area (TPSA) is 52.1 Å². The van der Waals surface area contributed by atoms with Gasteiger partial charge in [0.2, 0.25) is 0 Å². The zero-order valence-electron chi connectivity index (χ0n) is 16.8. The van der Waals surface area contributed by atoms with Crippen molar-refractivity contribution in [3.8, 4) is 0 Å². The molecule has 25 heavy (non-hydrogen) atoms. The number of nitrogens with zero attached hydrogens (tertiary/aromatic N) is 3. The van der Waals surface area contributed by atoms with Gasteiger partial charge in [-0.05, 0) is 31.2 Å². The predicted molar refractivity (Wildman–Crippen MR) is 105 cm³/mol. The lowest BCUT2D eigenvalue weighted by atomic mass is 10.0. The minimum atomic E-state index is 0.519. The largest absolute Gasteiger partial charge is 0.379 e. The van der Waals surface area contributed by atoms with E-state index in [1.54, 1.807) is 0 Å². The van der Waals surface area contributed by atoms with Crippen molar-refractivity contribution in [2.45, 2.75) is 39.7 Å². The fourth-order valence-electron chi connectivity index (χ4n) is 3.94. The van der Waals surface area contributed by atoms with E-state index < -0.39 is 0 Å². The summed E-state index contributed by atoms with van der Waals surface area (Å²) in [6.45, 7) is 16.2. The molecule has 0 radical (unpaired) electrons. The van der Waals surface area contributed by atoms with Crippen LogP contribution in [0.3, 0.4) is 0 Å². The molecule has 0 aromatic rings. The molecule has 2 heterocycles. The summed E-state index contributed by atoms with van der Waals surface area (Å²) in [5.74, 6) is 2.37. The monoisotopic (exact) mass is 353 g/mol. The van der Waals surface area contributed by atoms with Crippen molar-refractivity contribution in [3.63, 3.8) is 0 Å². The van der Waals surface area contributed by atoms with Crippen LogP contribution in [0, 0.1) is 11.8 Å². The Morgan fingerprint density at radius 1 is 1.20 bits per heavy atom. The van der Waals surface area contributed by atoms with E-state index >= 15 is 0 Å². The number of nitrogens with one attached hydrogen (secondary N) is 2. The average molecular weight is 354 g/mol. The standard InChI is InChI=1S/C19H39N5O/c1-16(2)18(24-10-12-25-13-11-24)14-22-19(20-4)21-7-9-23-8-5-6-17(3)15-23/h16-18H,5-15H2,1-4H3,(H2,20,21,22). The third-order valence-corrected chi connectivity index (χ3v) is 5.45. The number of piperidine rings is 1. The van der Waals surface area contributed by atoms with Gasteiger partial charge in [-0.1, -0.05) is 20.8 Å². The fourth-order valence-corrected chi connectivity index (χ4v) is 3.94. The Labute approximate surface area is 154 Å². The highest BCUT2D eigenvalue weighted by Crippen LogP contribution is 2.14. The highest BCUT2D eigenvalue weighted by atomic mass is 16.5. The number of rotatable bonds is 7. The SMILES string of the molecule is CN=C(NCCN1CCCC(C)C1)NCC(C(C)C)N1CCOCC1. The van der Waals surface area contributed by atoms with E-state index in [0.29, 0.717) is 12.0 Å². The first-order valence-corrected chi connectivity index (χ1v) is 10.1. The lowest BCUT2D eigenvalue weighted by Gasteiger charge is -2.37. The van der Waals surface area contributed by atoms with E-state index in [2.05, 4.69) is 46.2 Å². The molecule has 6 nitrogen and oxygen atoms in total. The molecule has 0 aliphatic carbocycles. The average Bonchev–Trinajstić information content (AvgIpc) is 2.61. The first-order chi connectivity index (χ1) is 12.1. The summed E-state index contributed by atoms with van der Waals surface area (Å²) in [5.41, 5.74) is 0. The first-order valence-electron chi connectivity index (χ1n) is 10.1. The summed E-state index contributed by atoms with van der Waals surface area (Å²) >= 11 is 0. The maximum absolute atomic E-state index is 5.49. The van der Waals surface area contributed by atoms with Crippen molar-refractivity contribution in [1.29, 1.82) is 0 Å². The lowest BCUT2D eigenvalue weighted by Crippen LogP contribution is -2.53. The minimum Gasteiger partial charge on any atom is -0.379 e. The van der Waals surface area contributed by atoms with Crippen molar-refractivity contribution in [3.05, 3.63) is 0 Å². The molecule has 6 heteroatoms. The Morgan fingerprint density at radius 3 is 2.60 bits per heavy atom. The van der Waals surface area contributed by atoms with Crippen molar-refractivity contribution in [2.24, 2.45) is 16.8 Å². The van der Waals surface area contributed by atoms with E-state index in [-0.39, 0.29) is 0 Å². The van der Waals surface area contributed by atoms with Gasteiger partial charge < -0.3 is 20.3 Å². The third kappa shape index (κ3) is 7.12. The van der Waals surface area contributed by atoms with Gasteiger partial charge in [-0.25, -0.2) is 0 Å². The molecular weight excluding hydrogens is 314 g/mol. The van der Waals surface area contributed by atoms with Gasteiger partial charge in [0.25, 0.3) is 0 Å². The van der Waals surface area contributed by atoms with Crippen LogP contribution in [0.1, 0.15) is 33.6 Å². The second-order valence-corrected chi connectivity index (χ2v) is 7.89. The van der Waals surface area contributed by atoms with Crippen molar-refractivity contribution < 1.29 is 4.74 Å². The van der Waals surface area contributed by atoms with Crippen molar-refractivity contribution >= 4 is 5.96 Å². The Morgan fingerprint density at radius 2 is 1.96 bits per heavy atom. The van der Waals surface area contributed by atoms with Gasteiger partial charge in [-0.2, -0.15) is 0 Å². The molecule has 146 valence electrons. The highest BCUT2D eigenvalue weighted by Gasteiger charge is 2.24. The number of hydrogen-bond acceptors (Lipinski definition) is 4. The van der Waals surface area contributed by atoms with E-state index in [4.69, 9.17) is 4.74 Å². The molecule has 0 aromatic heterocycles. The van der Waals surface area contributed by atoms with Crippen molar-refractivity contribution in [1.82, 2.24) is 20.4 Å². The number of aliphatic imine (C=N–C) groups is 1. The molecule has 2 N–H and O–H groups in total. The second kappa shape index (κ2) is 11.0. The molecule has 2 atom stereocenters. The molecule has 0 amide bonds. The van der Waals surface area contributed by atoms with Crippen LogP contribution < -0.4 is 10.6 Å². The molecule has 0 saturated carbocycles. The summed E-state index contributed by atoms with van der Waals surface area (Å²) in [6, 6.07) is 0.519. The lowest BCUT2D eigenvalue weighted by molar-refractivity contribution is 0.00752. The van der Waals surface area contributed by atoms with Crippen LogP contribution >= 0.6 is 0 Å². The minimum absolute atomic E-state index is 0.519. The van der Waals surface area contributed by atoms with E-state index in [9.17, 15) is 0 Å². The van der Waals surface area contributed by atoms with Crippen LogP contribution in [0.15, 0.2) is 4.99 Å². The van der Waals surface area contributed by atoms with Crippen LogP contribution in [-0.4, -0.2) is 87.9 Å². The van der Waals surface area contributed by atoms with Crippen LogP contribution in [0.2, 0.25) is 0 Å². The molecule has 0 aromatic carbocycles. The number of morpholine rings is 1. The zero-order chi connectivity index (χ0) is 18.1. The van der Waals surface area contributed by atoms with E-state index in [1.807, 2.05) is 7.05 Å². The van der Waals surface area contributed by atoms with Crippen molar-refractivity contribution in [2.75, 3.05) is 66.1 Å². The van der Waals surface area contributed by atoms with Crippen LogP contribution in [0.4, 0.5) is 0 Å². The smallest absolute Gasteiger partial charge is 0.191 e. The van der Waals surface area contributed by atoms with Gasteiger partial charge in [0, 0.05) is 52.4 Å². The van der Waals surface area contributed by atoms with Gasteiger partial charge in [-0.3, -0.25) is 9.89 Å². The van der Waals surface area contributed by atoms with Gasteiger partial charge in [0.05, 0.1) is 13.2 Å². The highest BCUT2D eigenvalue weighted by molar-refractivity contribution is 5.79. The third-order valence-electron chi connectivity index (χ3n) is 5.45. The Balaban J connectivity index is 1.70. The Bertz CT molecular complexity index is 395. The number of ether oxygens (including phenoxy) is 1. The molecule has 0 spiro atoms. The maximum atomic E-state index is 5.49. The van der Waals surface area contributed by atoms with Gasteiger partial charge in [-0.15, -0.1) is 0 Å². The second-order valence-electron chi connectivity index (χ2n) is 7.89. The fraction of sp³-hybridized carbons (Fsp3) is 0.947. The zero-order valence-corrected chi connectivity index (χ0v) is 16.8. The van der Waals surface area contributed by atoms with E-state index in [0.717, 1.165) is 57.8 Å². The predicted octanol–water partition coefficient (Wildman–Crippen LogP) is 1.24. The Kier molecular flexibility index (Phi) is 8.99. The summed E-state index contributed by atoms with van der Waals surface area (Å²) in [5, 5.41) is 7.02. The molecule has 2 saturated heterocycles. The molecular formula is C19H39N5O. The molecule has 2 aliphatic rings. The number of guanidine groups is 1. The quantitative estimate of drug-likeness (QED) is 0.533. The Hall–Kier alpha value is -0.850. The van der Waals surface area contributed by atoms with Crippen LogP contribution in [-0.2, 0) is 4.74 Å². The molecule has 2 rings (SSSR count). The maximum Gasteiger partial charge on any atom is 0.191 e. The molecule has 0 bridgehead atoms. The summed E-state index contributed by atoms with van der Waals surface area (Å²) < 4.78 is 5.49. The molecule has 2 unspecified atom stereocenters. The summed E-state index contributed by atoms with van der Waals surface area (Å²) in [7, 11) is 1.86.